The topological polar surface area (TPSA) is 77.8 Å². The molecule has 0 spiro atoms. The van der Waals surface area contributed by atoms with Crippen LogP contribution in [0.25, 0.3) is 0 Å². The predicted molar refractivity (Wildman–Crippen MR) is 92.4 cm³/mol. The molecule has 0 heterocycles. The molecule has 6 unspecified atom stereocenters. The van der Waals surface area contributed by atoms with Crippen LogP contribution in [0.2, 0.25) is 0 Å². The molecule has 24 heavy (non-hydrogen) atoms. The van der Waals surface area contributed by atoms with Crippen LogP contribution in [-0.2, 0) is 4.79 Å². The number of carboxylic acids is 1. The van der Waals surface area contributed by atoms with Crippen LogP contribution < -0.4 is 0 Å². The molecule has 4 heteroatoms. The van der Waals surface area contributed by atoms with E-state index in [9.17, 15) is 20.1 Å². The number of rotatable bonds is 2. The molecule has 2 fully saturated rings. The van der Waals surface area contributed by atoms with Gasteiger partial charge in [-0.05, 0) is 62.2 Å². The van der Waals surface area contributed by atoms with Gasteiger partial charge in [0.05, 0.1) is 11.5 Å². The van der Waals surface area contributed by atoms with E-state index in [2.05, 4.69) is 6.92 Å². The molecule has 3 aliphatic carbocycles. The fourth-order valence-corrected chi connectivity index (χ4v) is 6.09. The summed E-state index contributed by atoms with van der Waals surface area (Å²) in [7, 11) is 0. The molecule has 3 rings (SSSR count). The average molecular weight is 336 g/mol. The first-order valence-corrected chi connectivity index (χ1v) is 9.41. The van der Waals surface area contributed by atoms with Crippen LogP contribution in [0, 0.1) is 28.6 Å². The van der Waals surface area contributed by atoms with Gasteiger partial charge in [0, 0.05) is 0 Å². The number of aliphatic carboxylic acids is 1. The van der Waals surface area contributed by atoms with Crippen molar-refractivity contribution in [3.63, 3.8) is 0 Å². The first-order valence-electron chi connectivity index (χ1n) is 9.41. The summed E-state index contributed by atoms with van der Waals surface area (Å²) in [4.78, 5) is 12.0. The van der Waals surface area contributed by atoms with Crippen LogP contribution >= 0.6 is 0 Å². The van der Waals surface area contributed by atoms with E-state index >= 15 is 0 Å². The fourth-order valence-electron chi connectivity index (χ4n) is 6.09. The monoisotopic (exact) mass is 336 g/mol. The van der Waals surface area contributed by atoms with Crippen molar-refractivity contribution in [3.8, 4) is 0 Å². The minimum absolute atomic E-state index is 0.0397. The second-order valence-electron chi connectivity index (χ2n) is 9.24. The average Bonchev–Trinajstić information content (AvgIpc) is 2.48. The highest BCUT2D eigenvalue weighted by Gasteiger charge is 2.59. The first-order chi connectivity index (χ1) is 11.1. The first kappa shape index (κ1) is 17.9. The number of hydrogen-bond acceptors (Lipinski definition) is 3. The van der Waals surface area contributed by atoms with Crippen LogP contribution in [0.15, 0.2) is 11.6 Å². The molecule has 3 N–H and O–H groups in total. The van der Waals surface area contributed by atoms with E-state index < -0.39 is 23.1 Å². The Bertz CT molecular complexity index is 568. The number of carboxylic acid groups (broad SMARTS) is 1. The van der Waals surface area contributed by atoms with Crippen molar-refractivity contribution in [3.05, 3.63) is 11.6 Å². The van der Waals surface area contributed by atoms with Gasteiger partial charge in [0.2, 0.25) is 0 Å². The smallest absolute Gasteiger partial charge is 0.309 e. The number of aliphatic hydroxyl groups is 2. The summed E-state index contributed by atoms with van der Waals surface area (Å²) >= 11 is 0. The summed E-state index contributed by atoms with van der Waals surface area (Å²) in [6.45, 7) is 8.02. The molecule has 0 radical (unpaired) electrons. The molecule has 6 atom stereocenters. The Balaban J connectivity index is 2.01. The molecular formula is C20H32O4. The van der Waals surface area contributed by atoms with Crippen molar-refractivity contribution in [2.45, 2.75) is 77.9 Å². The molecule has 0 bridgehead atoms. The van der Waals surface area contributed by atoms with Crippen molar-refractivity contribution in [1.29, 1.82) is 0 Å². The van der Waals surface area contributed by atoms with Crippen LogP contribution in [0.1, 0.15) is 66.2 Å². The Morgan fingerprint density at radius 3 is 2.54 bits per heavy atom. The summed E-state index contributed by atoms with van der Waals surface area (Å²) in [5.41, 5.74) is -0.686. The lowest BCUT2D eigenvalue weighted by molar-refractivity contribution is -0.167. The van der Waals surface area contributed by atoms with Crippen LogP contribution in [0.5, 0.6) is 0 Å². The molecule has 3 aliphatic rings. The maximum absolute atomic E-state index is 12.0. The van der Waals surface area contributed by atoms with Gasteiger partial charge in [0.1, 0.15) is 5.60 Å². The quantitative estimate of drug-likeness (QED) is 0.676. The third-order valence-corrected chi connectivity index (χ3v) is 7.76. The molecular weight excluding hydrogens is 304 g/mol. The number of hydrogen-bond donors (Lipinski definition) is 3. The minimum Gasteiger partial charge on any atom is -0.481 e. The van der Waals surface area contributed by atoms with Crippen LogP contribution in [0.4, 0.5) is 0 Å². The second kappa shape index (κ2) is 5.57. The van der Waals surface area contributed by atoms with E-state index in [1.807, 2.05) is 26.8 Å². The van der Waals surface area contributed by atoms with Gasteiger partial charge in [-0.3, -0.25) is 4.79 Å². The van der Waals surface area contributed by atoms with E-state index in [1.165, 1.54) is 5.57 Å². The molecule has 0 amide bonds. The lowest BCUT2D eigenvalue weighted by atomic mass is 9.45. The Morgan fingerprint density at radius 2 is 1.96 bits per heavy atom. The van der Waals surface area contributed by atoms with Crippen LogP contribution in [0.3, 0.4) is 0 Å². The van der Waals surface area contributed by atoms with Gasteiger partial charge in [-0.25, -0.2) is 0 Å². The van der Waals surface area contributed by atoms with Gasteiger partial charge in [-0.15, -0.1) is 0 Å². The number of allylic oxidation sites excluding steroid dienone is 1. The maximum Gasteiger partial charge on any atom is 0.309 e. The van der Waals surface area contributed by atoms with Crippen molar-refractivity contribution >= 4 is 5.97 Å². The van der Waals surface area contributed by atoms with Crippen molar-refractivity contribution in [2.75, 3.05) is 0 Å². The molecule has 0 aliphatic heterocycles. The van der Waals surface area contributed by atoms with Gasteiger partial charge in [0.15, 0.2) is 0 Å². The zero-order chi connectivity index (χ0) is 17.9. The van der Waals surface area contributed by atoms with Gasteiger partial charge in [-0.2, -0.15) is 0 Å². The van der Waals surface area contributed by atoms with E-state index in [0.29, 0.717) is 6.42 Å². The summed E-state index contributed by atoms with van der Waals surface area (Å²) < 4.78 is 0. The van der Waals surface area contributed by atoms with E-state index in [1.54, 1.807) is 0 Å². The standard InChI is InChI=1S/C20H32O4/c1-12(2)20(24)11-13-6-7-15-18(3,14(13)10-16(20)21)8-5-9-19(15,4)17(22)23/h11-12,14-16,21,24H,5-10H2,1-4H3,(H,22,23). The third-order valence-electron chi connectivity index (χ3n) is 7.76. The van der Waals surface area contributed by atoms with E-state index in [0.717, 1.165) is 32.1 Å². The van der Waals surface area contributed by atoms with Crippen molar-refractivity contribution in [2.24, 2.45) is 28.6 Å². The minimum atomic E-state index is -1.15. The van der Waals surface area contributed by atoms with Crippen molar-refractivity contribution < 1.29 is 20.1 Å². The highest BCUT2D eigenvalue weighted by Crippen LogP contribution is 2.63. The number of carbonyl (C=O) groups is 1. The summed E-state index contributed by atoms with van der Waals surface area (Å²) in [6.07, 6.45) is 6.07. The highest BCUT2D eigenvalue weighted by molar-refractivity contribution is 5.75. The number of aliphatic hydroxyl groups excluding tert-OH is 1. The maximum atomic E-state index is 12.0. The molecule has 136 valence electrons. The van der Waals surface area contributed by atoms with Gasteiger partial charge in [0.25, 0.3) is 0 Å². The molecule has 0 aromatic rings. The zero-order valence-electron chi connectivity index (χ0n) is 15.4. The normalized spacial score (nSPS) is 48.5. The summed E-state index contributed by atoms with van der Waals surface area (Å²) in [6, 6.07) is 0. The van der Waals surface area contributed by atoms with E-state index in [-0.39, 0.29) is 23.2 Å². The molecule has 2 saturated carbocycles. The Labute approximate surface area is 145 Å². The lowest BCUT2D eigenvalue weighted by Gasteiger charge is -2.59. The Hall–Kier alpha value is -0.870. The van der Waals surface area contributed by atoms with Gasteiger partial charge in [-0.1, -0.05) is 38.8 Å². The molecule has 0 aromatic heterocycles. The van der Waals surface area contributed by atoms with Gasteiger partial charge < -0.3 is 15.3 Å². The van der Waals surface area contributed by atoms with Crippen LogP contribution in [-0.4, -0.2) is 33.0 Å². The van der Waals surface area contributed by atoms with Gasteiger partial charge >= 0.3 is 5.97 Å². The highest BCUT2D eigenvalue weighted by atomic mass is 16.4. The molecule has 0 saturated heterocycles. The Morgan fingerprint density at radius 1 is 1.29 bits per heavy atom. The fraction of sp³-hybridized carbons (Fsp3) is 0.850. The largest absolute Gasteiger partial charge is 0.481 e. The number of fused-ring (bicyclic) bond motifs is 3. The van der Waals surface area contributed by atoms with E-state index in [4.69, 9.17) is 0 Å². The second-order valence-corrected chi connectivity index (χ2v) is 9.24. The molecule has 4 nitrogen and oxygen atoms in total. The summed E-state index contributed by atoms with van der Waals surface area (Å²) in [5.74, 6) is -0.400. The summed E-state index contributed by atoms with van der Waals surface area (Å²) in [5, 5.41) is 31.4. The SMILES string of the molecule is CC(C)C1(O)C=C2CCC3C(C)(C(=O)O)CCCC3(C)C2CC1O. The third kappa shape index (κ3) is 2.29. The Kier molecular flexibility index (Phi) is 4.16. The zero-order valence-corrected chi connectivity index (χ0v) is 15.4. The lowest BCUT2D eigenvalue weighted by Crippen LogP contribution is -2.58. The van der Waals surface area contributed by atoms with Crippen molar-refractivity contribution in [1.82, 2.24) is 0 Å². The molecule has 0 aromatic carbocycles. The predicted octanol–water partition coefficient (Wildman–Crippen LogP) is 3.37.